The van der Waals surface area contributed by atoms with E-state index in [-0.39, 0.29) is 5.91 Å². The van der Waals surface area contributed by atoms with Crippen LogP contribution in [0.5, 0.6) is 5.75 Å². The second kappa shape index (κ2) is 8.37. The molecule has 0 bridgehead atoms. The predicted molar refractivity (Wildman–Crippen MR) is 122 cm³/mol. The van der Waals surface area contributed by atoms with Crippen molar-refractivity contribution in [1.29, 1.82) is 0 Å². The Kier molecular flexibility index (Phi) is 5.48. The average Bonchev–Trinajstić information content (AvgIpc) is 2.77. The number of ether oxygens (including phenoxy) is 1. The molecule has 4 nitrogen and oxygen atoms in total. The highest BCUT2D eigenvalue weighted by atomic mass is 16.5. The van der Waals surface area contributed by atoms with E-state index in [0.29, 0.717) is 12.2 Å². The highest BCUT2D eigenvalue weighted by Gasteiger charge is 2.15. The molecule has 0 saturated heterocycles. The molecule has 0 radical (unpaired) electrons. The standard InChI is InChI=1S/C26H24N2O2/c1-4-30-20-14-12-19(13-15-20)25-16-22(21-9-5-6-10-24(21)27-25)26(29)28-23-11-7-8-17(2)18(23)3/h5-16H,4H2,1-3H3,(H,28,29). The lowest BCUT2D eigenvalue weighted by atomic mass is 10.0. The first-order valence-electron chi connectivity index (χ1n) is 10.1. The normalized spacial score (nSPS) is 10.8. The van der Waals surface area contributed by atoms with Crippen molar-refractivity contribution in [3.05, 3.63) is 89.5 Å². The van der Waals surface area contributed by atoms with E-state index >= 15 is 0 Å². The molecule has 4 aromatic rings. The van der Waals surface area contributed by atoms with Crippen molar-refractivity contribution in [3.63, 3.8) is 0 Å². The van der Waals surface area contributed by atoms with E-state index in [9.17, 15) is 4.79 Å². The van der Waals surface area contributed by atoms with Crippen molar-refractivity contribution in [2.75, 3.05) is 11.9 Å². The number of nitrogens with one attached hydrogen (secondary N) is 1. The number of pyridine rings is 1. The summed E-state index contributed by atoms with van der Waals surface area (Å²) < 4.78 is 5.53. The molecule has 0 unspecified atom stereocenters. The van der Waals surface area contributed by atoms with Crippen molar-refractivity contribution in [2.24, 2.45) is 0 Å². The van der Waals surface area contributed by atoms with E-state index in [0.717, 1.165) is 44.7 Å². The average molecular weight is 396 g/mol. The smallest absolute Gasteiger partial charge is 0.256 e. The Morgan fingerprint density at radius 2 is 1.73 bits per heavy atom. The number of aryl methyl sites for hydroxylation is 1. The van der Waals surface area contributed by atoms with Crippen molar-refractivity contribution in [2.45, 2.75) is 20.8 Å². The molecule has 0 saturated carbocycles. The molecule has 1 N–H and O–H groups in total. The lowest BCUT2D eigenvalue weighted by Gasteiger charge is -2.13. The number of carbonyl (C=O) groups excluding carboxylic acids is 1. The summed E-state index contributed by atoms with van der Waals surface area (Å²) in [6.07, 6.45) is 0. The van der Waals surface area contributed by atoms with Gasteiger partial charge in [0.05, 0.1) is 23.4 Å². The van der Waals surface area contributed by atoms with Gasteiger partial charge in [0.25, 0.3) is 5.91 Å². The van der Waals surface area contributed by atoms with Gasteiger partial charge in [-0.25, -0.2) is 4.98 Å². The van der Waals surface area contributed by atoms with Gasteiger partial charge in [0.1, 0.15) is 5.75 Å². The van der Waals surface area contributed by atoms with E-state index < -0.39 is 0 Å². The van der Waals surface area contributed by atoms with Gasteiger partial charge < -0.3 is 10.1 Å². The molecule has 1 aromatic heterocycles. The molecule has 4 heteroatoms. The molecule has 0 aliphatic rings. The number of para-hydroxylation sites is 1. The van der Waals surface area contributed by atoms with Crippen LogP contribution in [-0.2, 0) is 0 Å². The predicted octanol–water partition coefficient (Wildman–Crippen LogP) is 6.17. The number of hydrogen-bond donors (Lipinski definition) is 1. The van der Waals surface area contributed by atoms with Crippen LogP contribution in [0.2, 0.25) is 0 Å². The van der Waals surface area contributed by atoms with Crippen molar-refractivity contribution >= 4 is 22.5 Å². The molecule has 4 rings (SSSR count). The third kappa shape index (κ3) is 3.90. The molecule has 0 aliphatic heterocycles. The molecule has 1 amide bonds. The zero-order valence-electron chi connectivity index (χ0n) is 17.4. The maximum atomic E-state index is 13.3. The first kappa shape index (κ1) is 19.6. The molecule has 150 valence electrons. The third-order valence-corrected chi connectivity index (χ3v) is 5.27. The topological polar surface area (TPSA) is 51.2 Å². The molecule has 30 heavy (non-hydrogen) atoms. The van der Waals surface area contributed by atoms with Gasteiger partial charge in [-0.1, -0.05) is 30.3 Å². The Hall–Kier alpha value is -3.66. The maximum Gasteiger partial charge on any atom is 0.256 e. The van der Waals surface area contributed by atoms with Crippen LogP contribution in [0, 0.1) is 13.8 Å². The summed E-state index contributed by atoms with van der Waals surface area (Å²) in [6.45, 7) is 6.63. The van der Waals surface area contributed by atoms with E-state index in [1.165, 1.54) is 0 Å². The van der Waals surface area contributed by atoms with E-state index in [1.54, 1.807) is 0 Å². The number of anilines is 1. The highest BCUT2D eigenvalue weighted by Crippen LogP contribution is 2.27. The summed E-state index contributed by atoms with van der Waals surface area (Å²) in [7, 11) is 0. The second-order valence-corrected chi connectivity index (χ2v) is 7.23. The molecule has 0 aliphatic carbocycles. The first-order chi connectivity index (χ1) is 14.6. The fraction of sp³-hybridized carbons (Fsp3) is 0.154. The largest absolute Gasteiger partial charge is 0.494 e. The van der Waals surface area contributed by atoms with Crippen molar-refractivity contribution in [1.82, 2.24) is 4.98 Å². The SMILES string of the molecule is CCOc1ccc(-c2cc(C(=O)Nc3cccc(C)c3C)c3ccccc3n2)cc1. The lowest BCUT2D eigenvalue weighted by Crippen LogP contribution is -2.14. The van der Waals surface area contributed by atoms with Gasteiger partial charge in [0.2, 0.25) is 0 Å². The second-order valence-electron chi connectivity index (χ2n) is 7.23. The molecular formula is C26H24N2O2. The van der Waals surface area contributed by atoms with Crippen LogP contribution >= 0.6 is 0 Å². The number of nitrogens with zero attached hydrogens (tertiary/aromatic N) is 1. The molecule has 0 spiro atoms. The van der Waals surface area contributed by atoms with E-state index in [2.05, 4.69) is 5.32 Å². The zero-order chi connectivity index (χ0) is 21.1. The number of fused-ring (bicyclic) bond motifs is 1. The Morgan fingerprint density at radius 3 is 2.50 bits per heavy atom. The monoisotopic (exact) mass is 396 g/mol. The summed E-state index contributed by atoms with van der Waals surface area (Å²) >= 11 is 0. The Morgan fingerprint density at radius 1 is 0.967 bits per heavy atom. The molecule has 0 fully saturated rings. The fourth-order valence-electron chi connectivity index (χ4n) is 3.48. The minimum Gasteiger partial charge on any atom is -0.494 e. The quantitative estimate of drug-likeness (QED) is 0.439. The highest BCUT2D eigenvalue weighted by molar-refractivity contribution is 6.13. The summed E-state index contributed by atoms with van der Waals surface area (Å²) in [6, 6.07) is 23.3. The van der Waals surface area contributed by atoms with Crippen LogP contribution in [-0.4, -0.2) is 17.5 Å². The number of carbonyl (C=O) groups is 1. The van der Waals surface area contributed by atoms with Crippen LogP contribution in [0.1, 0.15) is 28.4 Å². The van der Waals surface area contributed by atoms with Crippen LogP contribution in [0.4, 0.5) is 5.69 Å². The molecule has 0 atom stereocenters. The minimum atomic E-state index is -0.144. The van der Waals surface area contributed by atoms with Crippen LogP contribution in [0.3, 0.4) is 0 Å². The molecule has 3 aromatic carbocycles. The number of benzene rings is 3. The van der Waals surface area contributed by atoms with Gasteiger partial charge in [-0.3, -0.25) is 4.79 Å². The first-order valence-corrected chi connectivity index (χ1v) is 10.1. The van der Waals surface area contributed by atoms with E-state index in [4.69, 9.17) is 9.72 Å². The van der Waals surface area contributed by atoms with Crippen molar-refractivity contribution < 1.29 is 9.53 Å². The fourth-order valence-corrected chi connectivity index (χ4v) is 3.48. The number of hydrogen-bond acceptors (Lipinski definition) is 3. The van der Waals surface area contributed by atoms with Gasteiger partial charge in [-0.2, -0.15) is 0 Å². The lowest BCUT2D eigenvalue weighted by molar-refractivity contribution is 0.102. The summed E-state index contributed by atoms with van der Waals surface area (Å²) in [5.41, 5.74) is 6.11. The minimum absolute atomic E-state index is 0.144. The van der Waals surface area contributed by atoms with Gasteiger partial charge in [0.15, 0.2) is 0 Å². The van der Waals surface area contributed by atoms with Gasteiger partial charge in [-0.05, 0) is 74.4 Å². The number of rotatable bonds is 5. The number of amides is 1. The Balaban J connectivity index is 1.76. The zero-order valence-corrected chi connectivity index (χ0v) is 17.4. The Bertz CT molecular complexity index is 1210. The Labute approximate surface area is 176 Å². The van der Waals surface area contributed by atoms with Crippen molar-refractivity contribution in [3.8, 4) is 17.0 Å². The molecular weight excluding hydrogens is 372 g/mol. The number of aromatic nitrogens is 1. The van der Waals surface area contributed by atoms with Crippen LogP contribution < -0.4 is 10.1 Å². The third-order valence-electron chi connectivity index (χ3n) is 5.27. The maximum absolute atomic E-state index is 13.3. The molecule has 1 heterocycles. The van der Waals surface area contributed by atoms with Crippen LogP contribution in [0.15, 0.2) is 72.8 Å². The van der Waals surface area contributed by atoms with Gasteiger partial charge in [0, 0.05) is 16.6 Å². The van der Waals surface area contributed by atoms with Gasteiger partial charge in [-0.15, -0.1) is 0 Å². The summed E-state index contributed by atoms with van der Waals surface area (Å²) in [5.74, 6) is 0.671. The van der Waals surface area contributed by atoms with Crippen LogP contribution in [0.25, 0.3) is 22.2 Å². The van der Waals surface area contributed by atoms with E-state index in [1.807, 2.05) is 93.6 Å². The van der Waals surface area contributed by atoms with Gasteiger partial charge >= 0.3 is 0 Å². The summed E-state index contributed by atoms with van der Waals surface area (Å²) in [5, 5.41) is 3.91. The summed E-state index contributed by atoms with van der Waals surface area (Å²) in [4.78, 5) is 18.0.